The average Bonchev–Trinajstić information content (AvgIpc) is 2.68. The third kappa shape index (κ3) is 5.11. The Bertz CT molecular complexity index is 827. The van der Waals surface area contributed by atoms with Gasteiger partial charge in [-0.15, -0.1) is 0 Å². The Balaban J connectivity index is 1.78. The van der Waals surface area contributed by atoms with Gasteiger partial charge >= 0.3 is 6.61 Å². The van der Waals surface area contributed by atoms with Crippen LogP contribution in [0.1, 0.15) is 17.3 Å². The number of hydrogen-bond donors (Lipinski definition) is 1. The molecular weight excluding hydrogens is 388 g/mol. The highest BCUT2D eigenvalue weighted by molar-refractivity contribution is 6.31. The Kier molecular flexibility index (Phi) is 6.70. The maximum atomic E-state index is 12.7. The lowest BCUT2D eigenvalue weighted by Gasteiger charge is -2.36. The molecule has 8 heteroatoms. The van der Waals surface area contributed by atoms with E-state index in [0.29, 0.717) is 10.7 Å². The van der Waals surface area contributed by atoms with Gasteiger partial charge in [-0.25, -0.2) is 0 Å². The zero-order chi connectivity index (χ0) is 20.1. The van der Waals surface area contributed by atoms with Crippen LogP contribution in [-0.4, -0.2) is 50.1 Å². The van der Waals surface area contributed by atoms with E-state index in [0.717, 1.165) is 38.4 Å². The third-order valence-electron chi connectivity index (χ3n) is 4.69. The Morgan fingerprint density at radius 3 is 2.61 bits per heavy atom. The van der Waals surface area contributed by atoms with Gasteiger partial charge in [-0.2, -0.15) is 8.78 Å². The van der Waals surface area contributed by atoms with Gasteiger partial charge in [-0.1, -0.05) is 24.6 Å². The van der Waals surface area contributed by atoms with E-state index >= 15 is 0 Å². The molecule has 0 spiro atoms. The minimum Gasteiger partial charge on any atom is -0.435 e. The van der Waals surface area contributed by atoms with Crippen molar-refractivity contribution in [2.45, 2.75) is 13.5 Å². The molecule has 2 aromatic carbocycles. The molecule has 0 aliphatic carbocycles. The molecule has 2 aromatic rings. The van der Waals surface area contributed by atoms with Crippen LogP contribution in [-0.2, 0) is 0 Å². The second kappa shape index (κ2) is 9.21. The van der Waals surface area contributed by atoms with E-state index < -0.39 is 12.5 Å². The van der Waals surface area contributed by atoms with E-state index in [1.54, 1.807) is 12.1 Å². The lowest BCUT2D eigenvalue weighted by Crippen LogP contribution is -2.46. The average molecular weight is 410 g/mol. The fourth-order valence-electron chi connectivity index (χ4n) is 3.20. The number of ether oxygens (including phenoxy) is 1. The van der Waals surface area contributed by atoms with E-state index in [9.17, 15) is 13.6 Å². The van der Waals surface area contributed by atoms with Gasteiger partial charge < -0.3 is 19.9 Å². The van der Waals surface area contributed by atoms with Crippen molar-refractivity contribution in [2.75, 3.05) is 42.9 Å². The van der Waals surface area contributed by atoms with Crippen LogP contribution in [0, 0.1) is 0 Å². The molecule has 1 aliphatic heterocycles. The number of carbonyl (C=O) groups excluding carboxylic acids is 1. The van der Waals surface area contributed by atoms with Crippen molar-refractivity contribution in [3.05, 3.63) is 53.1 Å². The smallest absolute Gasteiger partial charge is 0.387 e. The van der Waals surface area contributed by atoms with Crippen molar-refractivity contribution in [3.63, 3.8) is 0 Å². The minimum absolute atomic E-state index is 0.0651. The first kappa shape index (κ1) is 20.4. The highest BCUT2D eigenvalue weighted by atomic mass is 35.5. The number of amides is 1. The standard InChI is InChI=1S/C20H22ClF2N3O2/c1-2-25-8-10-26(11-9-25)18-7-6-15(21)13-17(18)24-19(27)14-4-3-5-16(12-14)28-20(22)23/h3-7,12-13,20H,2,8-11H2,1H3,(H,24,27). The normalized spacial score (nSPS) is 15.0. The fourth-order valence-corrected chi connectivity index (χ4v) is 3.37. The third-order valence-corrected chi connectivity index (χ3v) is 4.92. The van der Waals surface area contributed by atoms with Crippen LogP contribution < -0.4 is 15.0 Å². The van der Waals surface area contributed by atoms with E-state index in [1.165, 1.54) is 24.3 Å². The molecule has 0 atom stereocenters. The Morgan fingerprint density at radius 2 is 1.93 bits per heavy atom. The Morgan fingerprint density at radius 1 is 1.18 bits per heavy atom. The Labute approximate surface area is 167 Å². The molecule has 1 N–H and O–H groups in total. The molecule has 0 unspecified atom stereocenters. The lowest BCUT2D eigenvalue weighted by molar-refractivity contribution is -0.0498. The molecule has 1 aliphatic rings. The predicted octanol–water partition coefficient (Wildman–Crippen LogP) is 4.34. The topological polar surface area (TPSA) is 44.8 Å². The molecule has 28 heavy (non-hydrogen) atoms. The highest BCUT2D eigenvalue weighted by Gasteiger charge is 2.20. The van der Waals surface area contributed by atoms with Crippen molar-refractivity contribution in [1.82, 2.24) is 4.90 Å². The van der Waals surface area contributed by atoms with Gasteiger partial charge in [0.1, 0.15) is 5.75 Å². The summed E-state index contributed by atoms with van der Waals surface area (Å²) in [5.74, 6) is -0.486. The Hall–Kier alpha value is -2.38. The predicted molar refractivity (Wildman–Crippen MR) is 107 cm³/mol. The van der Waals surface area contributed by atoms with Gasteiger partial charge in [0.15, 0.2) is 0 Å². The van der Waals surface area contributed by atoms with Gasteiger partial charge in [-0.05, 0) is 42.9 Å². The largest absolute Gasteiger partial charge is 0.435 e. The van der Waals surface area contributed by atoms with E-state index in [-0.39, 0.29) is 11.3 Å². The monoisotopic (exact) mass is 409 g/mol. The first-order valence-electron chi connectivity index (χ1n) is 9.09. The van der Waals surface area contributed by atoms with Crippen LogP contribution in [0.25, 0.3) is 0 Å². The van der Waals surface area contributed by atoms with Crippen molar-refractivity contribution in [1.29, 1.82) is 0 Å². The van der Waals surface area contributed by atoms with Gasteiger partial charge in [0, 0.05) is 36.8 Å². The van der Waals surface area contributed by atoms with Crippen LogP contribution in [0.4, 0.5) is 20.2 Å². The highest BCUT2D eigenvalue weighted by Crippen LogP contribution is 2.30. The van der Waals surface area contributed by atoms with Gasteiger partial charge in [0.2, 0.25) is 0 Å². The maximum absolute atomic E-state index is 12.7. The van der Waals surface area contributed by atoms with Crippen molar-refractivity contribution in [3.8, 4) is 5.75 Å². The molecule has 1 heterocycles. The zero-order valence-corrected chi connectivity index (χ0v) is 16.3. The molecule has 5 nitrogen and oxygen atoms in total. The number of benzene rings is 2. The van der Waals surface area contributed by atoms with Gasteiger partial charge in [-0.3, -0.25) is 4.79 Å². The number of anilines is 2. The number of piperazine rings is 1. The molecule has 1 saturated heterocycles. The first-order valence-corrected chi connectivity index (χ1v) is 9.47. The summed E-state index contributed by atoms with van der Waals surface area (Å²) < 4.78 is 29.2. The minimum atomic E-state index is -2.94. The molecule has 0 radical (unpaired) electrons. The van der Waals surface area contributed by atoms with Gasteiger partial charge in [0.05, 0.1) is 11.4 Å². The van der Waals surface area contributed by atoms with Crippen LogP contribution in [0.5, 0.6) is 5.75 Å². The number of halogens is 3. The molecule has 0 saturated carbocycles. The number of carbonyl (C=O) groups is 1. The van der Waals surface area contributed by atoms with Crippen molar-refractivity contribution in [2.24, 2.45) is 0 Å². The molecule has 3 rings (SSSR count). The fraction of sp³-hybridized carbons (Fsp3) is 0.350. The quantitative estimate of drug-likeness (QED) is 0.771. The summed E-state index contributed by atoms with van der Waals surface area (Å²) in [4.78, 5) is 17.2. The lowest BCUT2D eigenvalue weighted by atomic mass is 10.1. The summed E-state index contributed by atoms with van der Waals surface area (Å²) in [5.41, 5.74) is 1.69. The van der Waals surface area contributed by atoms with Crippen molar-refractivity contribution >= 4 is 28.9 Å². The van der Waals surface area contributed by atoms with Crippen molar-refractivity contribution < 1.29 is 18.3 Å². The number of nitrogens with one attached hydrogen (secondary N) is 1. The van der Waals surface area contributed by atoms with Crippen LogP contribution in [0.15, 0.2) is 42.5 Å². The summed E-state index contributed by atoms with van der Waals surface area (Å²) in [6, 6.07) is 11.1. The zero-order valence-electron chi connectivity index (χ0n) is 15.5. The molecule has 0 bridgehead atoms. The second-order valence-electron chi connectivity index (χ2n) is 6.44. The number of alkyl halides is 2. The molecule has 1 fully saturated rings. The molecular formula is C20H22ClF2N3O2. The molecule has 1 amide bonds. The summed E-state index contributed by atoms with van der Waals surface area (Å²) in [6.07, 6.45) is 0. The molecule has 0 aromatic heterocycles. The second-order valence-corrected chi connectivity index (χ2v) is 6.88. The first-order chi connectivity index (χ1) is 13.5. The number of rotatable bonds is 6. The summed E-state index contributed by atoms with van der Waals surface area (Å²) >= 11 is 6.13. The molecule has 150 valence electrons. The number of likely N-dealkylation sites (N-methyl/N-ethyl adjacent to an activating group) is 1. The van der Waals surface area contributed by atoms with Crippen LogP contribution >= 0.6 is 11.6 Å². The maximum Gasteiger partial charge on any atom is 0.387 e. The van der Waals surface area contributed by atoms with E-state index in [4.69, 9.17) is 11.6 Å². The van der Waals surface area contributed by atoms with Gasteiger partial charge in [0.25, 0.3) is 5.91 Å². The number of hydrogen-bond acceptors (Lipinski definition) is 4. The summed E-state index contributed by atoms with van der Waals surface area (Å²) in [5, 5.41) is 3.35. The number of nitrogens with zero attached hydrogens (tertiary/aromatic N) is 2. The summed E-state index contributed by atoms with van der Waals surface area (Å²) in [6.45, 7) is 3.77. The SMILES string of the molecule is CCN1CCN(c2ccc(Cl)cc2NC(=O)c2cccc(OC(F)F)c2)CC1. The van der Waals surface area contributed by atoms with Crippen LogP contribution in [0.3, 0.4) is 0 Å². The van der Waals surface area contributed by atoms with E-state index in [1.807, 2.05) is 6.07 Å². The van der Waals surface area contributed by atoms with Crippen LogP contribution in [0.2, 0.25) is 5.02 Å². The summed E-state index contributed by atoms with van der Waals surface area (Å²) in [7, 11) is 0. The van der Waals surface area contributed by atoms with E-state index in [2.05, 4.69) is 26.8 Å².